The summed E-state index contributed by atoms with van der Waals surface area (Å²) >= 11 is 0. The van der Waals surface area contributed by atoms with Crippen LogP contribution in [0.25, 0.3) is 22.3 Å². The third-order valence-corrected chi connectivity index (χ3v) is 5.22. The Morgan fingerprint density at radius 2 is 1.34 bits per heavy atom. The van der Waals surface area contributed by atoms with E-state index in [1.165, 1.54) is 28.8 Å². The van der Waals surface area contributed by atoms with Crippen molar-refractivity contribution in [2.75, 3.05) is 5.32 Å². The Labute approximate surface area is 183 Å². The van der Waals surface area contributed by atoms with E-state index in [1.807, 2.05) is 18.2 Å². The summed E-state index contributed by atoms with van der Waals surface area (Å²) in [4.78, 5) is 25.2. The highest BCUT2D eigenvalue weighted by Crippen LogP contribution is 2.33. The van der Waals surface area contributed by atoms with Crippen LogP contribution in [-0.4, -0.2) is 10.5 Å². The summed E-state index contributed by atoms with van der Waals surface area (Å²) < 4.78 is 28.3. The fourth-order valence-corrected chi connectivity index (χ4v) is 3.62. The third kappa shape index (κ3) is 4.49. The number of amides is 1. The molecule has 32 heavy (non-hydrogen) atoms. The van der Waals surface area contributed by atoms with Crippen LogP contribution < -0.4 is 10.9 Å². The molecule has 0 aliphatic rings. The first-order chi connectivity index (χ1) is 15.4. The molecule has 0 spiro atoms. The van der Waals surface area contributed by atoms with Crippen LogP contribution in [0.2, 0.25) is 0 Å². The maximum Gasteiger partial charge on any atom is 0.274 e. The molecule has 0 saturated carbocycles. The van der Waals surface area contributed by atoms with Crippen molar-refractivity contribution in [2.45, 2.75) is 6.42 Å². The molecule has 0 unspecified atom stereocenters. The number of hydrogen-bond acceptors (Lipinski definition) is 2. The van der Waals surface area contributed by atoms with Gasteiger partial charge >= 0.3 is 0 Å². The minimum atomic E-state index is -0.369. The number of aryl methyl sites for hydroxylation is 1. The average molecular weight is 430 g/mol. The van der Waals surface area contributed by atoms with Gasteiger partial charge in [0.2, 0.25) is 5.91 Å². The van der Waals surface area contributed by atoms with Gasteiger partial charge in [-0.15, -0.1) is 0 Å². The van der Waals surface area contributed by atoms with E-state index in [1.54, 1.807) is 49.6 Å². The van der Waals surface area contributed by atoms with Gasteiger partial charge in [-0.3, -0.25) is 9.59 Å². The second-order valence-electron chi connectivity index (χ2n) is 7.41. The van der Waals surface area contributed by atoms with Gasteiger partial charge in [-0.1, -0.05) is 42.5 Å². The topological polar surface area (TPSA) is 51.1 Å². The first-order valence-corrected chi connectivity index (χ1v) is 10.0. The Hall–Kier alpha value is -4.06. The molecule has 3 aromatic carbocycles. The number of rotatable bonds is 5. The maximum atomic E-state index is 13.5. The van der Waals surface area contributed by atoms with Gasteiger partial charge in [0, 0.05) is 13.2 Å². The van der Waals surface area contributed by atoms with Crippen molar-refractivity contribution in [3.63, 3.8) is 0 Å². The average Bonchev–Trinajstić information content (AvgIpc) is 2.78. The molecule has 0 aliphatic carbocycles. The highest BCUT2D eigenvalue weighted by Gasteiger charge is 2.16. The maximum absolute atomic E-state index is 13.5. The molecular formula is C26H20F2N2O2. The van der Waals surface area contributed by atoms with Crippen molar-refractivity contribution in [3.05, 3.63) is 113 Å². The fraction of sp³-hybridized carbons (Fsp3) is 0.0769. The van der Waals surface area contributed by atoms with Crippen LogP contribution in [0.4, 0.5) is 14.5 Å². The standard InChI is InChI=1S/C26H20F2N2O2/c1-30-15-3-6-24(26(30)32)29-25(31)16-23-21(17-7-11-19(27)12-8-17)4-2-5-22(23)18-9-13-20(28)14-10-18/h2-15H,16H2,1H3,(H,29,31). The first-order valence-electron chi connectivity index (χ1n) is 10.0. The molecule has 1 aromatic heterocycles. The Bertz CT molecular complexity index is 1260. The lowest BCUT2D eigenvalue weighted by molar-refractivity contribution is -0.115. The molecule has 1 heterocycles. The number of halogens is 2. The van der Waals surface area contributed by atoms with E-state index in [4.69, 9.17) is 0 Å². The zero-order valence-electron chi connectivity index (χ0n) is 17.3. The predicted octanol–water partition coefficient (Wildman–Crippen LogP) is 5.18. The van der Waals surface area contributed by atoms with E-state index in [9.17, 15) is 18.4 Å². The van der Waals surface area contributed by atoms with Crippen LogP contribution in [0, 0.1) is 11.6 Å². The largest absolute Gasteiger partial charge is 0.321 e. The molecule has 6 heteroatoms. The fourth-order valence-electron chi connectivity index (χ4n) is 3.62. The van der Waals surface area contributed by atoms with Gasteiger partial charge < -0.3 is 9.88 Å². The lowest BCUT2D eigenvalue weighted by atomic mass is 9.90. The molecule has 0 aliphatic heterocycles. The quantitative estimate of drug-likeness (QED) is 0.474. The number of carbonyl (C=O) groups excluding carboxylic acids is 1. The van der Waals surface area contributed by atoms with Crippen LogP contribution in [0.3, 0.4) is 0 Å². The molecule has 0 bridgehead atoms. The van der Waals surface area contributed by atoms with Crippen LogP contribution in [-0.2, 0) is 18.3 Å². The van der Waals surface area contributed by atoms with Gasteiger partial charge in [0.15, 0.2) is 0 Å². The van der Waals surface area contributed by atoms with E-state index in [-0.39, 0.29) is 35.2 Å². The van der Waals surface area contributed by atoms with Crippen LogP contribution in [0.5, 0.6) is 0 Å². The molecule has 1 N–H and O–H groups in total. The van der Waals surface area contributed by atoms with E-state index < -0.39 is 0 Å². The van der Waals surface area contributed by atoms with Crippen molar-refractivity contribution in [1.82, 2.24) is 4.57 Å². The Morgan fingerprint density at radius 1 is 0.812 bits per heavy atom. The number of carbonyl (C=O) groups is 1. The Kier molecular flexibility index (Phi) is 5.94. The highest BCUT2D eigenvalue weighted by atomic mass is 19.1. The molecule has 4 nitrogen and oxygen atoms in total. The zero-order valence-corrected chi connectivity index (χ0v) is 17.3. The zero-order chi connectivity index (χ0) is 22.7. The van der Waals surface area contributed by atoms with E-state index in [0.717, 1.165) is 22.3 Å². The predicted molar refractivity (Wildman–Crippen MR) is 121 cm³/mol. The van der Waals surface area contributed by atoms with Gasteiger partial charge in [0.1, 0.15) is 17.3 Å². The summed E-state index contributed by atoms with van der Waals surface area (Å²) in [6.45, 7) is 0. The minimum absolute atomic E-state index is 0.0295. The molecule has 4 rings (SSSR count). The first kappa shape index (κ1) is 21.2. The van der Waals surface area contributed by atoms with Gasteiger partial charge in [-0.25, -0.2) is 8.78 Å². The second kappa shape index (κ2) is 8.98. The number of nitrogens with zero attached hydrogens (tertiary/aromatic N) is 1. The summed E-state index contributed by atoms with van der Waals surface area (Å²) in [5.74, 6) is -1.09. The SMILES string of the molecule is Cn1cccc(NC(=O)Cc2c(-c3ccc(F)cc3)cccc2-c2ccc(F)cc2)c1=O. The van der Waals surface area contributed by atoms with Gasteiger partial charge in [0.05, 0.1) is 6.42 Å². The van der Waals surface area contributed by atoms with Crippen molar-refractivity contribution >= 4 is 11.6 Å². The van der Waals surface area contributed by atoms with Crippen LogP contribution >= 0.6 is 0 Å². The highest BCUT2D eigenvalue weighted by molar-refractivity contribution is 5.95. The molecular weight excluding hydrogens is 410 g/mol. The van der Waals surface area contributed by atoms with Gasteiger partial charge in [0.25, 0.3) is 5.56 Å². The third-order valence-electron chi connectivity index (χ3n) is 5.22. The molecule has 0 atom stereocenters. The van der Waals surface area contributed by atoms with Gasteiger partial charge in [-0.05, 0) is 64.2 Å². The monoisotopic (exact) mass is 430 g/mol. The number of aromatic nitrogens is 1. The number of nitrogens with one attached hydrogen (secondary N) is 1. The normalized spacial score (nSPS) is 10.7. The summed E-state index contributed by atoms with van der Waals surface area (Å²) in [5.41, 5.74) is 3.55. The number of anilines is 1. The molecule has 160 valence electrons. The number of hydrogen-bond donors (Lipinski definition) is 1. The van der Waals surface area contributed by atoms with Crippen molar-refractivity contribution in [3.8, 4) is 22.3 Å². The van der Waals surface area contributed by atoms with Crippen molar-refractivity contribution in [1.29, 1.82) is 0 Å². The van der Waals surface area contributed by atoms with Crippen molar-refractivity contribution in [2.24, 2.45) is 7.05 Å². The van der Waals surface area contributed by atoms with Crippen LogP contribution in [0.1, 0.15) is 5.56 Å². The molecule has 0 fully saturated rings. The van der Waals surface area contributed by atoms with E-state index in [0.29, 0.717) is 5.56 Å². The summed E-state index contributed by atoms with van der Waals surface area (Å²) in [5, 5.41) is 2.68. The Morgan fingerprint density at radius 3 is 1.88 bits per heavy atom. The minimum Gasteiger partial charge on any atom is -0.321 e. The van der Waals surface area contributed by atoms with E-state index >= 15 is 0 Å². The molecule has 1 amide bonds. The Balaban J connectivity index is 1.77. The summed E-state index contributed by atoms with van der Waals surface area (Å²) in [7, 11) is 1.61. The number of pyridine rings is 1. The van der Waals surface area contributed by atoms with Crippen LogP contribution in [0.15, 0.2) is 89.9 Å². The van der Waals surface area contributed by atoms with Crippen molar-refractivity contribution < 1.29 is 13.6 Å². The van der Waals surface area contributed by atoms with E-state index in [2.05, 4.69) is 5.32 Å². The summed E-state index contributed by atoms with van der Waals surface area (Å²) in [6, 6.07) is 20.8. The van der Waals surface area contributed by atoms with Gasteiger partial charge in [-0.2, -0.15) is 0 Å². The second-order valence-corrected chi connectivity index (χ2v) is 7.41. The summed E-state index contributed by atoms with van der Waals surface area (Å²) in [6.07, 6.45) is 1.58. The smallest absolute Gasteiger partial charge is 0.274 e. The molecule has 0 saturated heterocycles. The molecule has 4 aromatic rings. The number of benzene rings is 3. The lowest BCUT2D eigenvalue weighted by Gasteiger charge is -2.16. The molecule has 0 radical (unpaired) electrons. The lowest BCUT2D eigenvalue weighted by Crippen LogP contribution is -2.24.